The van der Waals surface area contributed by atoms with E-state index in [9.17, 15) is 4.79 Å². The molecule has 0 aliphatic carbocycles. The van der Waals surface area contributed by atoms with Crippen LogP contribution < -0.4 is 16.0 Å². The predicted molar refractivity (Wildman–Crippen MR) is 94.0 cm³/mol. The minimum atomic E-state index is -0.143. The van der Waals surface area contributed by atoms with Crippen molar-refractivity contribution in [3.63, 3.8) is 0 Å². The molecule has 0 radical (unpaired) electrons. The zero-order valence-corrected chi connectivity index (χ0v) is 14.4. The van der Waals surface area contributed by atoms with E-state index < -0.39 is 0 Å². The van der Waals surface area contributed by atoms with Crippen molar-refractivity contribution in [1.29, 1.82) is 0 Å². The Kier molecular flexibility index (Phi) is 5.05. The molecule has 0 saturated heterocycles. The number of halogens is 1. The summed E-state index contributed by atoms with van der Waals surface area (Å²) in [5.74, 6) is 0.427. The smallest absolute Gasteiger partial charge is 0.243 e. The van der Waals surface area contributed by atoms with Crippen LogP contribution in [0.1, 0.15) is 16.7 Å². The van der Waals surface area contributed by atoms with Crippen molar-refractivity contribution in [2.24, 2.45) is 0 Å². The van der Waals surface area contributed by atoms with Gasteiger partial charge < -0.3 is 16.0 Å². The molecule has 7 heteroatoms. The first-order chi connectivity index (χ1) is 10.8. The average molecular weight is 334 g/mol. The van der Waals surface area contributed by atoms with Crippen molar-refractivity contribution in [3.8, 4) is 0 Å². The summed E-state index contributed by atoms with van der Waals surface area (Å²) in [5, 5.41) is 3.19. The molecule has 0 bridgehead atoms. The molecule has 23 heavy (non-hydrogen) atoms. The van der Waals surface area contributed by atoms with Crippen molar-refractivity contribution in [1.82, 2.24) is 9.97 Å². The van der Waals surface area contributed by atoms with Gasteiger partial charge in [0.1, 0.15) is 11.0 Å². The van der Waals surface area contributed by atoms with Crippen LogP contribution in [0.4, 0.5) is 17.5 Å². The molecular formula is C16H20ClN5O. The van der Waals surface area contributed by atoms with Crippen LogP contribution >= 0.6 is 11.6 Å². The summed E-state index contributed by atoms with van der Waals surface area (Å²) < 4.78 is 0. The highest BCUT2D eigenvalue weighted by atomic mass is 35.5. The van der Waals surface area contributed by atoms with Gasteiger partial charge in [-0.1, -0.05) is 29.3 Å². The van der Waals surface area contributed by atoms with Gasteiger partial charge in [-0.3, -0.25) is 4.79 Å². The second-order valence-electron chi connectivity index (χ2n) is 5.59. The molecule has 0 unspecified atom stereocenters. The predicted octanol–water partition coefficient (Wildman–Crippen LogP) is 2.71. The van der Waals surface area contributed by atoms with Crippen molar-refractivity contribution < 1.29 is 4.79 Å². The van der Waals surface area contributed by atoms with Crippen LogP contribution in [0.3, 0.4) is 0 Å². The number of nitrogens with zero attached hydrogens (tertiary/aromatic N) is 3. The number of aromatic nitrogens is 2. The average Bonchev–Trinajstić information content (AvgIpc) is 2.41. The van der Waals surface area contributed by atoms with Gasteiger partial charge in [-0.25, -0.2) is 4.98 Å². The van der Waals surface area contributed by atoms with E-state index in [0.29, 0.717) is 5.82 Å². The molecule has 0 aliphatic rings. The van der Waals surface area contributed by atoms with Crippen LogP contribution in [0.2, 0.25) is 5.15 Å². The Morgan fingerprint density at radius 2 is 1.83 bits per heavy atom. The summed E-state index contributed by atoms with van der Waals surface area (Å²) >= 11 is 5.86. The maximum absolute atomic E-state index is 12.3. The van der Waals surface area contributed by atoms with E-state index >= 15 is 0 Å². The highest BCUT2D eigenvalue weighted by Gasteiger charge is 2.13. The third kappa shape index (κ3) is 4.32. The topological polar surface area (TPSA) is 84.1 Å². The van der Waals surface area contributed by atoms with Crippen molar-refractivity contribution in [2.45, 2.75) is 20.8 Å². The van der Waals surface area contributed by atoms with E-state index in [1.165, 1.54) is 5.56 Å². The molecule has 0 spiro atoms. The van der Waals surface area contributed by atoms with E-state index in [2.05, 4.69) is 15.3 Å². The maximum atomic E-state index is 12.3. The van der Waals surface area contributed by atoms with Gasteiger partial charge in [0.05, 0.1) is 6.54 Å². The maximum Gasteiger partial charge on any atom is 0.243 e. The minimum Gasteiger partial charge on any atom is -0.368 e. The fourth-order valence-corrected chi connectivity index (χ4v) is 2.66. The van der Waals surface area contributed by atoms with Gasteiger partial charge in [0.15, 0.2) is 0 Å². The number of hydrogen-bond donors (Lipinski definition) is 2. The molecule has 1 aromatic heterocycles. The molecule has 0 aliphatic heterocycles. The number of nitrogen functional groups attached to an aromatic ring is 1. The normalized spacial score (nSPS) is 10.5. The summed E-state index contributed by atoms with van der Waals surface area (Å²) in [4.78, 5) is 21.8. The van der Waals surface area contributed by atoms with Crippen LogP contribution in [0.15, 0.2) is 18.2 Å². The zero-order chi connectivity index (χ0) is 17.1. The van der Waals surface area contributed by atoms with E-state index in [0.717, 1.165) is 16.8 Å². The molecule has 0 atom stereocenters. The Hall–Kier alpha value is -2.34. The fraction of sp³-hybridized carbons (Fsp3) is 0.312. The Balaban J connectivity index is 2.10. The molecule has 1 amide bonds. The van der Waals surface area contributed by atoms with Crippen LogP contribution in [0.25, 0.3) is 0 Å². The SMILES string of the molecule is Cc1cc(C)c(NC(=O)CN(C)c2cc(Cl)nc(N)n2)c(C)c1. The second-order valence-corrected chi connectivity index (χ2v) is 5.97. The van der Waals surface area contributed by atoms with Gasteiger partial charge in [-0.15, -0.1) is 0 Å². The Labute approximate surface area is 140 Å². The molecule has 1 heterocycles. The number of nitrogens with one attached hydrogen (secondary N) is 1. The molecule has 3 N–H and O–H groups in total. The number of carbonyl (C=O) groups excluding carboxylic acids is 1. The van der Waals surface area contributed by atoms with Crippen molar-refractivity contribution in [3.05, 3.63) is 40.0 Å². The number of carbonyl (C=O) groups is 1. The lowest BCUT2D eigenvalue weighted by atomic mass is 10.1. The number of rotatable bonds is 4. The largest absolute Gasteiger partial charge is 0.368 e. The van der Waals surface area contributed by atoms with Crippen molar-refractivity contribution >= 4 is 35.0 Å². The van der Waals surface area contributed by atoms with Gasteiger partial charge in [0, 0.05) is 18.8 Å². The Morgan fingerprint density at radius 3 is 2.39 bits per heavy atom. The highest BCUT2D eigenvalue weighted by Crippen LogP contribution is 2.22. The Bertz CT molecular complexity index is 704. The van der Waals surface area contributed by atoms with Crippen LogP contribution in [-0.4, -0.2) is 29.5 Å². The van der Waals surface area contributed by atoms with Gasteiger partial charge >= 0.3 is 0 Å². The van der Waals surface area contributed by atoms with E-state index in [-0.39, 0.29) is 23.6 Å². The number of amides is 1. The number of nitrogens with two attached hydrogens (primary N) is 1. The van der Waals surface area contributed by atoms with Gasteiger partial charge in [0.25, 0.3) is 0 Å². The monoisotopic (exact) mass is 333 g/mol. The summed E-state index contributed by atoms with van der Waals surface area (Å²) in [7, 11) is 1.74. The number of benzene rings is 1. The minimum absolute atomic E-state index is 0.0741. The lowest BCUT2D eigenvalue weighted by Crippen LogP contribution is -2.31. The first-order valence-corrected chi connectivity index (χ1v) is 7.53. The van der Waals surface area contributed by atoms with E-state index in [1.807, 2.05) is 32.9 Å². The molecule has 0 fully saturated rings. The van der Waals surface area contributed by atoms with Crippen LogP contribution in [-0.2, 0) is 4.79 Å². The Morgan fingerprint density at radius 1 is 1.22 bits per heavy atom. The third-order valence-electron chi connectivity index (χ3n) is 3.41. The first-order valence-electron chi connectivity index (χ1n) is 7.15. The second kappa shape index (κ2) is 6.83. The quantitative estimate of drug-likeness (QED) is 0.840. The number of likely N-dealkylation sites (N-methyl/N-ethyl adjacent to an activating group) is 1. The molecule has 0 saturated carbocycles. The third-order valence-corrected chi connectivity index (χ3v) is 3.61. The summed E-state index contributed by atoms with van der Waals surface area (Å²) in [6, 6.07) is 5.64. The highest BCUT2D eigenvalue weighted by molar-refractivity contribution is 6.29. The van der Waals surface area contributed by atoms with Crippen molar-refractivity contribution in [2.75, 3.05) is 29.5 Å². The number of anilines is 3. The van der Waals surface area contributed by atoms with Gasteiger partial charge in [-0.05, 0) is 31.9 Å². The molecular weight excluding hydrogens is 314 g/mol. The van der Waals surface area contributed by atoms with Gasteiger partial charge in [-0.2, -0.15) is 4.98 Å². The van der Waals surface area contributed by atoms with E-state index in [4.69, 9.17) is 17.3 Å². The van der Waals surface area contributed by atoms with Gasteiger partial charge in [0.2, 0.25) is 11.9 Å². The van der Waals surface area contributed by atoms with Crippen LogP contribution in [0, 0.1) is 20.8 Å². The van der Waals surface area contributed by atoms with Crippen LogP contribution in [0.5, 0.6) is 0 Å². The standard InChI is InChI=1S/C16H20ClN5O/c1-9-5-10(2)15(11(3)6-9)21-14(23)8-22(4)13-7-12(17)19-16(18)20-13/h5-7H,8H2,1-4H3,(H,21,23)(H2,18,19,20). The number of hydrogen-bond acceptors (Lipinski definition) is 5. The summed E-state index contributed by atoms with van der Waals surface area (Å²) in [6.45, 7) is 6.11. The first kappa shape index (κ1) is 17.0. The molecule has 2 rings (SSSR count). The lowest BCUT2D eigenvalue weighted by molar-refractivity contribution is -0.114. The summed E-state index contributed by atoms with van der Waals surface area (Å²) in [6.07, 6.45) is 0. The van der Waals surface area contributed by atoms with E-state index in [1.54, 1.807) is 18.0 Å². The fourth-order valence-electron chi connectivity index (χ4n) is 2.47. The zero-order valence-electron chi connectivity index (χ0n) is 13.6. The summed E-state index contributed by atoms with van der Waals surface area (Å²) in [5.41, 5.74) is 9.65. The lowest BCUT2D eigenvalue weighted by Gasteiger charge is -2.19. The number of aryl methyl sites for hydroxylation is 3. The molecule has 1 aromatic carbocycles. The molecule has 6 nitrogen and oxygen atoms in total. The molecule has 2 aromatic rings. The molecule has 122 valence electrons.